The van der Waals surface area contributed by atoms with Crippen LogP contribution in [0, 0.1) is 5.92 Å². The molecular weight excluding hydrogens is 160 g/mol. The topological polar surface area (TPSA) is 38.4 Å². The quantitative estimate of drug-likeness (QED) is 0.699. The van der Waals surface area contributed by atoms with E-state index in [1.165, 1.54) is 31.4 Å². The molecule has 1 atom stereocenters. The Morgan fingerprint density at radius 1 is 1.46 bits per heavy atom. The van der Waals surface area contributed by atoms with Gasteiger partial charge in [-0.1, -0.05) is 13.3 Å². The first-order valence-electron chi connectivity index (χ1n) is 5.31. The van der Waals surface area contributed by atoms with Gasteiger partial charge in [0.05, 0.1) is 6.54 Å². The van der Waals surface area contributed by atoms with Crippen molar-refractivity contribution in [3.63, 3.8) is 0 Å². The molecule has 1 aliphatic carbocycles. The van der Waals surface area contributed by atoms with Crippen LogP contribution in [-0.4, -0.2) is 17.8 Å². The predicted octanol–water partition coefficient (Wildman–Crippen LogP) is 2.37. The molecule has 0 spiro atoms. The summed E-state index contributed by atoms with van der Waals surface area (Å²) in [5, 5.41) is 0. The third-order valence-electron chi connectivity index (χ3n) is 2.58. The molecule has 0 radical (unpaired) electrons. The zero-order chi connectivity index (χ0) is 9.90. The van der Waals surface area contributed by atoms with E-state index in [1.54, 1.807) is 0 Å². The summed E-state index contributed by atoms with van der Waals surface area (Å²) in [6.45, 7) is 7.11. The molecule has 2 N–H and O–H groups in total. The van der Waals surface area contributed by atoms with E-state index in [0.29, 0.717) is 5.92 Å². The second kappa shape index (κ2) is 4.23. The molecule has 2 nitrogen and oxygen atoms in total. The summed E-state index contributed by atoms with van der Waals surface area (Å²) in [7, 11) is 0. The van der Waals surface area contributed by atoms with Gasteiger partial charge in [0.2, 0.25) is 0 Å². The van der Waals surface area contributed by atoms with Gasteiger partial charge in [0, 0.05) is 11.3 Å². The van der Waals surface area contributed by atoms with Crippen LogP contribution < -0.4 is 5.73 Å². The number of nitrogens with two attached hydrogens (primary N) is 1. The lowest BCUT2D eigenvalue weighted by Gasteiger charge is -2.22. The van der Waals surface area contributed by atoms with Crippen molar-refractivity contribution in [2.45, 2.75) is 52.0 Å². The van der Waals surface area contributed by atoms with Gasteiger partial charge in [-0.2, -0.15) is 0 Å². The molecule has 0 aromatic carbocycles. The Labute approximate surface area is 81.6 Å². The van der Waals surface area contributed by atoms with Gasteiger partial charge >= 0.3 is 0 Å². The lowest BCUT2D eigenvalue weighted by Crippen LogP contribution is -2.36. The molecule has 0 bridgehead atoms. The number of hydrogen-bond acceptors (Lipinski definition) is 2. The van der Waals surface area contributed by atoms with Crippen molar-refractivity contribution in [2.24, 2.45) is 16.6 Å². The standard InChI is InChI=1S/C11H22N2/c1-9-6-4-5-7-10(9)13-8-11(2,3)12/h9H,4-8,12H2,1-3H3. The summed E-state index contributed by atoms with van der Waals surface area (Å²) in [5.41, 5.74) is 7.14. The molecule has 1 unspecified atom stereocenters. The Morgan fingerprint density at radius 2 is 2.15 bits per heavy atom. The summed E-state index contributed by atoms with van der Waals surface area (Å²) >= 11 is 0. The van der Waals surface area contributed by atoms with Crippen molar-refractivity contribution in [3.8, 4) is 0 Å². The Hall–Kier alpha value is -0.370. The van der Waals surface area contributed by atoms with E-state index in [2.05, 4.69) is 11.9 Å². The monoisotopic (exact) mass is 182 g/mol. The maximum absolute atomic E-state index is 5.89. The molecule has 76 valence electrons. The fraction of sp³-hybridized carbons (Fsp3) is 0.909. The summed E-state index contributed by atoms with van der Waals surface area (Å²) in [4.78, 5) is 4.63. The van der Waals surface area contributed by atoms with E-state index >= 15 is 0 Å². The minimum Gasteiger partial charge on any atom is -0.324 e. The van der Waals surface area contributed by atoms with E-state index in [4.69, 9.17) is 5.73 Å². The van der Waals surface area contributed by atoms with Gasteiger partial charge in [0.1, 0.15) is 0 Å². The van der Waals surface area contributed by atoms with Crippen molar-refractivity contribution in [1.29, 1.82) is 0 Å². The molecule has 0 amide bonds. The highest BCUT2D eigenvalue weighted by molar-refractivity contribution is 5.87. The van der Waals surface area contributed by atoms with E-state index in [-0.39, 0.29) is 5.54 Å². The van der Waals surface area contributed by atoms with Crippen LogP contribution in [0.4, 0.5) is 0 Å². The normalized spacial score (nSPS) is 28.0. The van der Waals surface area contributed by atoms with Crippen LogP contribution in [0.15, 0.2) is 4.99 Å². The molecule has 2 heteroatoms. The van der Waals surface area contributed by atoms with Crippen molar-refractivity contribution < 1.29 is 0 Å². The fourth-order valence-corrected chi connectivity index (χ4v) is 1.71. The highest BCUT2D eigenvalue weighted by Crippen LogP contribution is 2.21. The van der Waals surface area contributed by atoms with E-state index < -0.39 is 0 Å². The number of rotatable bonds is 2. The summed E-state index contributed by atoms with van der Waals surface area (Å²) in [5.74, 6) is 0.691. The third kappa shape index (κ3) is 3.90. The zero-order valence-electron chi connectivity index (χ0n) is 9.14. The van der Waals surface area contributed by atoms with Crippen LogP contribution in [0.2, 0.25) is 0 Å². The Kier molecular flexibility index (Phi) is 3.48. The summed E-state index contributed by atoms with van der Waals surface area (Å²) in [6, 6.07) is 0. The number of hydrogen-bond donors (Lipinski definition) is 1. The van der Waals surface area contributed by atoms with Crippen molar-refractivity contribution >= 4 is 5.71 Å². The largest absolute Gasteiger partial charge is 0.324 e. The first-order chi connectivity index (χ1) is 5.99. The second-order valence-corrected chi connectivity index (χ2v) is 4.94. The van der Waals surface area contributed by atoms with Crippen LogP contribution >= 0.6 is 0 Å². The average molecular weight is 182 g/mol. The molecule has 13 heavy (non-hydrogen) atoms. The SMILES string of the molecule is CC1CCCCC1=NCC(C)(C)N. The van der Waals surface area contributed by atoms with Crippen molar-refractivity contribution in [3.05, 3.63) is 0 Å². The van der Waals surface area contributed by atoms with Crippen LogP contribution in [0.1, 0.15) is 46.5 Å². The predicted molar refractivity (Wildman–Crippen MR) is 58.2 cm³/mol. The highest BCUT2D eigenvalue weighted by atomic mass is 14.8. The molecule has 0 saturated heterocycles. The second-order valence-electron chi connectivity index (χ2n) is 4.94. The van der Waals surface area contributed by atoms with Gasteiger partial charge in [-0.05, 0) is 39.0 Å². The van der Waals surface area contributed by atoms with E-state index in [1.807, 2.05) is 13.8 Å². The Balaban J connectivity index is 2.49. The first kappa shape index (κ1) is 10.7. The minimum atomic E-state index is -0.149. The summed E-state index contributed by atoms with van der Waals surface area (Å²) in [6.07, 6.45) is 5.18. The van der Waals surface area contributed by atoms with Gasteiger partial charge in [-0.3, -0.25) is 4.99 Å². The van der Waals surface area contributed by atoms with Gasteiger partial charge < -0.3 is 5.73 Å². The van der Waals surface area contributed by atoms with Crippen LogP contribution in [0.25, 0.3) is 0 Å². The third-order valence-corrected chi connectivity index (χ3v) is 2.58. The molecule has 1 aliphatic rings. The van der Waals surface area contributed by atoms with E-state index in [9.17, 15) is 0 Å². The lowest BCUT2D eigenvalue weighted by molar-refractivity contribution is 0.517. The summed E-state index contributed by atoms with van der Waals surface area (Å²) < 4.78 is 0. The van der Waals surface area contributed by atoms with Gasteiger partial charge in [-0.15, -0.1) is 0 Å². The molecule has 0 heterocycles. The molecule has 0 aliphatic heterocycles. The fourth-order valence-electron chi connectivity index (χ4n) is 1.71. The lowest BCUT2D eigenvalue weighted by atomic mass is 9.88. The molecular formula is C11H22N2. The average Bonchev–Trinajstić information content (AvgIpc) is 2.01. The van der Waals surface area contributed by atoms with Crippen LogP contribution in [0.5, 0.6) is 0 Å². The Morgan fingerprint density at radius 3 is 2.69 bits per heavy atom. The molecule has 1 fully saturated rings. The van der Waals surface area contributed by atoms with Gasteiger partial charge in [0.15, 0.2) is 0 Å². The van der Waals surface area contributed by atoms with E-state index in [0.717, 1.165) is 6.54 Å². The van der Waals surface area contributed by atoms with Crippen LogP contribution in [-0.2, 0) is 0 Å². The molecule has 1 rings (SSSR count). The first-order valence-corrected chi connectivity index (χ1v) is 5.31. The van der Waals surface area contributed by atoms with Gasteiger partial charge in [-0.25, -0.2) is 0 Å². The number of nitrogens with zero attached hydrogens (tertiary/aromatic N) is 1. The molecule has 1 saturated carbocycles. The zero-order valence-corrected chi connectivity index (χ0v) is 9.14. The smallest absolute Gasteiger partial charge is 0.0563 e. The molecule has 0 aromatic rings. The van der Waals surface area contributed by atoms with Gasteiger partial charge in [0.25, 0.3) is 0 Å². The van der Waals surface area contributed by atoms with Crippen molar-refractivity contribution in [1.82, 2.24) is 0 Å². The number of aliphatic imine (C=N–C) groups is 1. The maximum atomic E-state index is 5.89. The maximum Gasteiger partial charge on any atom is 0.0563 e. The van der Waals surface area contributed by atoms with Crippen LogP contribution in [0.3, 0.4) is 0 Å². The highest BCUT2D eigenvalue weighted by Gasteiger charge is 2.17. The molecule has 0 aromatic heterocycles. The Bertz CT molecular complexity index is 189. The minimum absolute atomic E-state index is 0.149. The van der Waals surface area contributed by atoms with Crippen molar-refractivity contribution in [2.75, 3.05) is 6.54 Å².